The van der Waals surface area contributed by atoms with Gasteiger partial charge in [0.1, 0.15) is 9.75 Å². The lowest BCUT2D eigenvalue weighted by molar-refractivity contribution is -0.245. The molecule has 3 rings (SSSR count). The molecule has 126 valence electrons. The molecule has 0 aromatic rings. The van der Waals surface area contributed by atoms with Gasteiger partial charge in [0.2, 0.25) is 5.79 Å². The maximum atomic E-state index is 12.5. The van der Waals surface area contributed by atoms with Crippen LogP contribution < -0.4 is 0 Å². The molecule has 0 aliphatic heterocycles. The number of ether oxygens (including phenoxy) is 2. The Morgan fingerprint density at radius 3 is 1.57 bits per heavy atom. The molecule has 3 aliphatic carbocycles. The highest BCUT2D eigenvalue weighted by atomic mass is 35.5. The van der Waals surface area contributed by atoms with E-state index in [2.05, 4.69) is 0 Å². The molecule has 0 aromatic heterocycles. The van der Waals surface area contributed by atoms with Crippen LogP contribution in [-0.2, 0) is 19.1 Å². The first kappa shape index (κ1) is 17.7. The standard InChI is InChI=1S/C15H14Cl4O4/c1-3-22-15(23-4-2)13(18)9-7(20)5-6-8(21)10(9)14(15,19)12(17)11(13)16/h5-6,9-10H,3-4H2,1-2H3/t9-,10-,13+,14+/m1/s1. The minimum absolute atomic E-state index is 0.00423. The van der Waals surface area contributed by atoms with E-state index in [9.17, 15) is 9.59 Å². The van der Waals surface area contributed by atoms with Crippen LogP contribution in [0.2, 0.25) is 0 Å². The lowest BCUT2D eigenvalue weighted by Crippen LogP contribution is -2.59. The summed E-state index contributed by atoms with van der Waals surface area (Å²) in [6.07, 6.45) is 2.38. The monoisotopic (exact) mass is 398 g/mol. The van der Waals surface area contributed by atoms with E-state index in [0.717, 1.165) is 0 Å². The number of carbonyl (C=O) groups is 2. The first-order valence-corrected chi connectivity index (χ1v) is 8.72. The molecule has 0 radical (unpaired) electrons. The average molecular weight is 400 g/mol. The van der Waals surface area contributed by atoms with Crippen LogP contribution in [0.15, 0.2) is 22.2 Å². The molecule has 0 spiro atoms. The van der Waals surface area contributed by atoms with Crippen molar-refractivity contribution in [2.45, 2.75) is 29.4 Å². The van der Waals surface area contributed by atoms with Gasteiger partial charge in [-0.3, -0.25) is 9.59 Å². The van der Waals surface area contributed by atoms with Crippen molar-refractivity contribution < 1.29 is 19.1 Å². The minimum Gasteiger partial charge on any atom is -0.346 e. The second kappa shape index (κ2) is 5.45. The molecule has 0 aromatic carbocycles. The lowest BCUT2D eigenvalue weighted by Gasteiger charge is -2.42. The first-order valence-electron chi connectivity index (χ1n) is 7.21. The number of ketones is 2. The van der Waals surface area contributed by atoms with Gasteiger partial charge in [-0.1, -0.05) is 23.2 Å². The lowest BCUT2D eigenvalue weighted by atomic mass is 9.74. The highest BCUT2D eigenvalue weighted by Crippen LogP contribution is 2.74. The Balaban J connectivity index is 2.34. The van der Waals surface area contributed by atoms with E-state index < -0.39 is 27.4 Å². The third-order valence-electron chi connectivity index (χ3n) is 4.70. The number of alkyl halides is 2. The van der Waals surface area contributed by atoms with Crippen LogP contribution in [-0.4, -0.2) is 40.3 Å². The predicted octanol–water partition coefficient (Wildman–Crippen LogP) is 3.37. The first-order chi connectivity index (χ1) is 10.7. The van der Waals surface area contributed by atoms with Crippen molar-refractivity contribution in [3.05, 3.63) is 22.2 Å². The van der Waals surface area contributed by atoms with Gasteiger partial charge in [-0.05, 0) is 26.0 Å². The molecule has 0 unspecified atom stereocenters. The summed E-state index contributed by atoms with van der Waals surface area (Å²) in [5, 5.41) is -0.00846. The van der Waals surface area contributed by atoms with Gasteiger partial charge < -0.3 is 9.47 Å². The predicted molar refractivity (Wildman–Crippen MR) is 88.0 cm³/mol. The Labute approximate surface area is 153 Å². The topological polar surface area (TPSA) is 52.6 Å². The fourth-order valence-corrected chi connectivity index (χ4v) is 6.07. The molecular formula is C15H14Cl4O4. The van der Waals surface area contributed by atoms with Crippen molar-refractivity contribution >= 4 is 58.0 Å². The molecular weight excluding hydrogens is 386 g/mol. The van der Waals surface area contributed by atoms with E-state index in [4.69, 9.17) is 55.9 Å². The van der Waals surface area contributed by atoms with Crippen molar-refractivity contribution in [1.82, 2.24) is 0 Å². The molecule has 2 bridgehead atoms. The second-order valence-electron chi connectivity index (χ2n) is 5.63. The Hall–Kier alpha value is -0.100. The summed E-state index contributed by atoms with van der Waals surface area (Å²) in [6, 6.07) is 0. The average Bonchev–Trinajstić information content (AvgIpc) is 2.75. The minimum atomic E-state index is -1.70. The Kier molecular flexibility index (Phi) is 4.20. The van der Waals surface area contributed by atoms with Crippen LogP contribution in [0.25, 0.3) is 0 Å². The van der Waals surface area contributed by atoms with E-state index >= 15 is 0 Å². The fourth-order valence-electron chi connectivity index (χ4n) is 3.98. The molecule has 4 nitrogen and oxygen atoms in total. The van der Waals surface area contributed by atoms with Gasteiger partial charge in [0.15, 0.2) is 11.6 Å². The van der Waals surface area contributed by atoms with E-state index in [1.807, 2.05) is 0 Å². The van der Waals surface area contributed by atoms with Gasteiger partial charge in [0.25, 0.3) is 0 Å². The molecule has 0 N–H and O–H groups in total. The zero-order valence-corrected chi connectivity index (χ0v) is 15.4. The van der Waals surface area contributed by atoms with E-state index in [1.165, 1.54) is 12.2 Å². The normalized spacial score (nSPS) is 41.0. The summed E-state index contributed by atoms with van der Waals surface area (Å²) in [7, 11) is 0. The quantitative estimate of drug-likeness (QED) is 0.537. The van der Waals surface area contributed by atoms with E-state index in [-0.39, 0.29) is 34.8 Å². The largest absolute Gasteiger partial charge is 0.346 e. The van der Waals surface area contributed by atoms with E-state index in [1.54, 1.807) is 13.8 Å². The van der Waals surface area contributed by atoms with Gasteiger partial charge in [-0.2, -0.15) is 0 Å². The summed E-state index contributed by atoms with van der Waals surface area (Å²) in [5.74, 6) is -4.39. The van der Waals surface area contributed by atoms with Crippen LogP contribution in [0.4, 0.5) is 0 Å². The number of halogens is 4. The summed E-state index contributed by atoms with van der Waals surface area (Å²) in [4.78, 5) is 21.7. The number of hydrogen-bond acceptors (Lipinski definition) is 4. The molecule has 0 amide bonds. The Morgan fingerprint density at radius 2 is 1.26 bits per heavy atom. The molecule has 3 aliphatic rings. The summed E-state index contributed by atoms with van der Waals surface area (Å²) in [6.45, 7) is 3.83. The number of hydrogen-bond donors (Lipinski definition) is 0. The van der Waals surface area contributed by atoms with Crippen LogP contribution in [0.5, 0.6) is 0 Å². The SMILES string of the molecule is CCOC1(OCC)[C@@]2(Cl)C(Cl)=C(Cl)[C@@]1(Cl)[C@@H]1C(=O)C=CC(=O)[C@H]12. The van der Waals surface area contributed by atoms with Gasteiger partial charge in [-0.15, -0.1) is 23.2 Å². The van der Waals surface area contributed by atoms with Crippen LogP contribution >= 0.6 is 46.4 Å². The third-order valence-corrected chi connectivity index (χ3v) is 7.31. The van der Waals surface area contributed by atoms with Gasteiger partial charge in [-0.25, -0.2) is 0 Å². The van der Waals surface area contributed by atoms with Crippen molar-refractivity contribution in [2.75, 3.05) is 13.2 Å². The maximum absolute atomic E-state index is 12.5. The van der Waals surface area contributed by atoms with Crippen molar-refractivity contribution in [1.29, 1.82) is 0 Å². The number of fused-ring (bicyclic) bond motifs is 5. The number of allylic oxidation sites excluding steroid dienone is 2. The van der Waals surface area contributed by atoms with Gasteiger partial charge in [0.05, 0.1) is 21.9 Å². The highest BCUT2D eigenvalue weighted by molar-refractivity contribution is 6.53. The molecule has 1 saturated carbocycles. The van der Waals surface area contributed by atoms with Crippen LogP contribution in [0.3, 0.4) is 0 Å². The molecule has 8 heteroatoms. The summed E-state index contributed by atoms with van der Waals surface area (Å²) in [5.41, 5.74) is 0. The molecule has 4 atom stereocenters. The molecule has 23 heavy (non-hydrogen) atoms. The number of rotatable bonds is 4. The zero-order chi connectivity index (χ0) is 17.2. The smallest absolute Gasteiger partial charge is 0.219 e. The summed E-state index contributed by atoms with van der Waals surface area (Å²) < 4.78 is 11.6. The second-order valence-corrected chi connectivity index (χ2v) is 7.58. The van der Waals surface area contributed by atoms with Gasteiger partial charge >= 0.3 is 0 Å². The van der Waals surface area contributed by atoms with Crippen molar-refractivity contribution in [3.8, 4) is 0 Å². The zero-order valence-electron chi connectivity index (χ0n) is 12.4. The maximum Gasteiger partial charge on any atom is 0.219 e. The highest BCUT2D eigenvalue weighted by Gasteiger charge is 2.87. The Morgan fingerprint density at radius 1 is 0.913 bits per heavy atom. The van der Waals surface area contributed by atoms with Gasteiger partial charge in [0, 0.05) is 13.2 Å². The van der Waals surface area contributed by atoms with Crippen LogP contribution in [0.1, 0.15) is 13.8 Å². The third kappa shape index (κ3) is 1.73. The molecule has 0 heterocycles. The van der Waals surface area contributed by atoms with Crippen molar-refractivity contribution in [2.24, 2.45) is 11.8 Å². The summed E-state index contributed by atoms with van der Waals surface area (Å²) >= 11 is 26.4. The number of carbonyl (C=O) groups excluding carboxylic acids is 2. The van der Waals surface area contributed by atoms with Crippen LogP contribution in [0, 0.1) is 11.8 Å². The fraction of sp³-hybridized carbons (Fsp3) is 0.600. The van der Waals surface area contributed by atoms with Crippen molar-refractivity contribution in [3.63, 3.8) is 0 Å². The Bertz CT molecular complexity index is 604. The molecule has 1 fully saturated rings. The van der Waals surface area contributed by atoms with E-state index in [0.29, 0.717) is 0 Å². The molecule has 0 saturated heterocycles.